The predicted molar refractivity (Wildman–Crippen MR) is 83.3 cm³/mol. The lowest BCUT2D eigenvalue weighted by atomic mass is 9.85. The standard InChI is InChI=1S/C18H29N/c1-4-15-8-5-6-9-16(15)14-19-17-10-7-12-18(2,3)13-11-17/h5-6,8-9,17,19H,4,7,10-14H2,1-3H3. The smallest absolute Gasteiger partial charge is 0.0210 e. The summed E-state index contributed by atoms with van der Waals surface area (Å²) in [4.78, 5) is 0. The second-order valence-corrected chi connectivity index (χ2v) is 6.80. The summed E-state index contributed by atoms with van der Waals surface area (Å²) in [5.41, 5.74) is 3.52. The highest BCUT2D eigenvalue weighted by Crippen LogP contribution is 2.33. The molecule has 1 N–H and O–H groups in total. The molecule has 1 atom stereocenters. The quantitative estimate of drug-likeness (QED) is 0.773. The summed E-state index contributed by atoms with van der Waals surface area (Å²) in [7, 11) is 0. The Morgan fingerprint density at radius 3 is 2.58 bits per heavy atom. The fourth-order valence-corrected chi connectivity index (χ4v) is 3.19. The van der Waals surface area contributed by atoms with Crippen LogP contribution in [0, 0.1) is 5.41 Å². The molecule has 0 aliphatic heterocycles. The van der Waals surface area contributed by atoms with E-state index in [9.17, 15) is 0 Å². The van der Waals surface area contributed by atoms with Crippen molar-refractivity contribution < 1.29 is 0 Å². The zero-order chi connectivity index (χ0) is 13.7. The van der Waals surface area contributed by atoms with Gasteiger partial charge in [-0.3, -0.25) is 0 Å². The molecule has 0 heterocycles. The number of benzene rings is 1. The third kappa shape index (κ3) is 4.35. The van der Waals surface area contributed by atoms with Gasteiger partial charge in [0.05, 0.1) is 0 Å². The molecule has 0 radical (unpaired) electrons. The van der Waals surface area contributed by atoms with E-state index >= 15 is 0 Å². The number of hydrogen-bond donors (Lipinski definition) is 1. The summed E-state index contributed by atoms with van der Waals surface area (Å²) < 4.78 is 0. The molecular weight excluding hydrogens is 230 g/mol. The SMILES string of the molecule is CCc1ccccc1CNC1CCCC(C)(C)CC1. The van der Waals surface area contributed by atoms with Gasteiger partial charge in [-0.1, -0.05) is 51.5 Å². The first-order valence-electron chi connectivity index (χ1n) is 7.91. The van der Waals surface area contributed by atoms with Crippen molar-refractivity contribution in [2.45, 2.75) is 71.9 Å². The monoisotopic (exact) mass is 259 g/mol. The lowest BCUT2D eigenvalue weighted by molar-refractivity contribution is 0.309. The first-order valence-corrected chi connectivity index (χ1v) is 7.91. The molecule has 0 amide bonds. The molecule has 1 aromatic carbocycles. The second-order valence-electron chi connectivity index (χ2n) is 6.80. The van der Waals surface area contributed by atoms with E-state index in [1.54, 1.807) is 0 Å². The number of aryl methyl sites for hydroxylation is 1. The number of hydrogen-bond acceptors (Lipinski definition) is 1. The van der Waals surface area contributed by atoms with Crippen molar-refractivity contribution in [3.8, 4) is 0 Å². The molecule has 1 nitrogen and oxygen atoms in total. The average molecular weight is 259 g/mol. The average Bonchev–Trinajstić information content (AvgIpc) is 2.58. The van der Waals surface area contributed by atoms with Gasteiger partial charge >= 0.3 is 0 Å². The normalized spacial score (nSPS) is 23.0. The van der Waals surface area contributed by atoms with Gasteiger partial charge in [0.2, 0.25) is 0 Å². The molecule has 1 aliphatic rings. The Hall–Kier alpha value is -0.820. The fourth-order valence-electron chi connectivity index (χ4n) is 3.19. The molecule has 1 saturated carbocycles. The third-order valence-corrected chi connectivity index (χ3v) is 4.66. The lowest BCUT2D eigenvalue weighted by Crippen LogP contribution is -2.28. The van der Waals surface area contributed by atoms with Crippen LogP contribution in [0.5, 0.6) is 0 Å². The maximum Gasteiger partial charge on any atom is 0.0210 e. The van der Waals surface area contributed by atoms with Crippen molar-refractivity contribution in [3.05, 3.63) is 35.4 Å². The Morgan fingerprint density at radius 1 is 1.11 bits per heavy atom. The van der Waals surface area contributed by atoms with Gasteiger partial charge in [0.15, 0.2) is 0 Å². The first kappa shape index (κ1) is 14.6. The molecule has 1 aromatic rings. The van der Waals surface area contributed by atoms with Gasteiger partial charge in [-0.25, -0.2) is 0 Å². The molecule has 0 saturated heterocycles. The molecule has 0 bridgehead atoms. The van der Waals surface area contributed by atoms with Crippen LogP contribution in [-0.2, 0) is 13.0 Å². The first-order chi connectivity index (χ1) is 9.11. The van der Waals surface area contributed by atoms with E-state index in [0.717, 1.165) is 13.0 Å². The van der Waals surface area contributed by atoms with Crippen LogP contribution in [-0.4, -0.2) is 6.04 Å². The minimum atomic E-state index is 0.553. The van der Waals surface area contributed by atoms with Crippen molar-refractivity contribution in [2.75, 3.05) is 0 Å². The van der Waals surface area contributed by atoms with E-state index in [2.05, 4.69) is 50.4 Å². The van der Waals surface area contributed by atoms with E-state index in [4.69, 9.17) is 0 Å². The summed E-state index contributed by atoms with van der Waals surface area (Å²) in [5.74, 6) is 0. The molecule has 1 heteroatoms. The van der Waals surface area contributed by atoms with Gasteiger partial charge in [0, 0.05) is 12.6 Å². The van der Waals surface area contributed by atoms with Crippen LogP contribution >= 0.6 is 0 Å². The highest BCUT2D eigenvalue weighted by molar-refractivity contribution is 5.26. The molecule has 1 aliphatic carbocycles. The molecular formula is C18H29N. The van der Waals surface area contributed by atoms with Crippen molar-refractivity contribution in [3.63, 3.8) is 0 Å². The van der Waals surface area contributed by atoms with Gasteiger partial charge in [0.25, 0.3) is 0 Å². The molecule has 1 fully saturated rings. The van der Waals surface area contributed by atoms with E-state index in [1.807, 2.05) is 0 Å². The van der Waals surface area contributed by atoms with Crippen molar-refractivity contribution in [2.24, 2.45) is 5.41 Å². The highest BCUT2D eigenvalue weighted by atomic mass is 14.9. The minimum absolute atomic E-state index is 0.553. The van der Waals surface area contributed by atoms with Gasteiger partial charge < -0.3 is 5.32 Å². The highest BCUT2D eigenvalue weighted by Gasteiger charge is 2.23. The van der Waals surface area contributed by atoms with Crippen molar-refractivity contribution in [1.82, 2.24) is 5.32 Å². The van der Waals surface area contributed by atoms with Crippen molar-refractivity contribution >= 4 is 0 Å². The Kier molecular flexibility index (Phi) is 5.04. The van der Waals surface area contributed by atoms with Crippen LogP contribution in [0.1, 0.15) is 64.0 Å². The van der Waals surface area contributed by atoms with Crippen LogP contribution in [0.3, 0.4) is 0 Å². The molecule has 2 rings (SSSR count). The van der Waals surface area contributed by atoms with Gasteiger partial charge in [-0.05, 0) is 48.6 Å². The van der Waals surface area contributed by atoms with E-state index in [-0.39, 0.29) is 0 Å². The maximum absolute atomic E-state index is 3.79. The second kappa shape index (κ2) is 6.56. The van der Waals surface area contributed by atoms with E-state index in [1.165, 1.54) is 43.2 Å². The Bertz CT molecular complexity index is 394. The maximum atomic E-state index is 3.79. The topological polar surface area (TPSA) is 12.0 Å². The third-order valence-electron chi connectivity index (χ3n) is 4.66. The van der Waals surface area contributed by atoms with Gasteiger partial charge in [-0.2, -0.15) is 0 Å². The fraction of sp³-hybridized carbons (Fsp3) is 0.667. The predicted octanol–water partition coefficient (Wildman–Crippen LogP) is 4.70. The van der Waals surface area contributed by atoms with E-state index in [0.29, 0.717) is 11.5 Å². The Labute approximate surface area is 118 Å². The molecule has 0 spiro atoms. The Balaban J connectivity index is 1.88. The van der Waals surface area contributed by atoms with Crippen LogP contribution in [0.25, 0.3) is 0 Å². The van der Waals surface area contributed by atoms with Gasteiger partial charge in [0.1, 0.15) is 0 Å². The van der Waals surface area contributed by atoms with Crippen LogP contribution < -0.4 is 5.32 Å². The summed E-state index contributed by atoms with van der Waals surface area (Å²) >= 11 is 0. The number of nitrogens with one attached hydrogen (secondary N) is 1. The molecule has 0 aromatic heterocycles. The van der Waals surface area contributed by atoms with E-state index < -0.39 is 0 Å². The molecule has 106 valence electrons. The Morgan fingerprint density at radius 2 is 1.84 bits per heavy atom. The number of rotatable bonds is 4. The zero-order valence-corrected chi connectivity index (χ0v) is 12.8. The summed E-state index contributed by atoms with van der Waals surface area (Å²) in [6.45, 7) is 8.12. The molecule has 19 heavy (non-hydrogen) atoms. The lowest BCUT2D eigenvalue weighted by Gasteiger charge is -2.22. The van der Waals surface area contributed by atoms with Gasteiger partial charge in [-0.15, -0.1) is 0 Å². The minimum Gasteiger partial charge on any atom is -0.310 e. The molecule has 1 unspecified atom stereocenters. The summed E-state index contributed by atoms with van der Waals surface area (Å²) in [5, 5.41) is 3.79. The zero-order valence-electron chi connectivity index (χ0n) is 12.8. The van der Waals surface area contributed by atoms with Crippen LogP contribution in [0.2, 0.25) is 0 Å². The van der Waals surface area contributed by atoms with Crippen LogP contribution in [0.15, 0.2) is 24.3 Å². The van der Waals surface area contributed by atoms with Crippen molar-refractivity contribution in [1.29, 1.82) is 0 Å². The summed E-state index contributed by atoms with van der Waals surface area (Å²) in [6, 6.07) is 9.55. The van der Waals surface area contributed by atoms with Crippen LogP contribution in [0.4, 0.5) is 0 Å². The largest absolute Gasteiger partial charge is 0.310 e. The summed E-state index contributed by atoms with van der Waals surface area (Å²) in [6.07, 6.45) is 7.94.